The smallest absolute Gasteiger partial charge is 0.337 e. The Morgan fingerprint density at radius 1 is 1.47 bits per heavy atom. The van der Waals surface area contributed by atoms with Crippen molar-refractivity contribution in [3.05, 3.63) is 29.8 Å². The quantitative estimate of drug-likeness (QED) is 0.835. The van der Waals surface area contributed by atoms with Crippen LogP contribution in [-0.4, -0.2) is 45.7 Å². The van der Waals surface area contributed by atoms with Crippen molar-refractivity contribution in [3.8, 4) is 5.75 Å². The summed E-state index contributed by atoms with van der Waals surface area (Å²) in [5, 5.41) is 18.8. The molecule has 2 N–H and O–H groups in total. The van der Waals surface area contributed by atoms with Crippen LogP contribution in [0.1, 0.15) is 12.5 Å². The fraction of sp³-hybridized carbons (Fsp3) is 0.385. The molecule has 1 unspecified atom stereocenters. The molecule has 1 heterocycles. The van der Waals surface area contributed by atoms with E-state index in [9.17, 15) is 14.7 Å². The number of benzene rings is 1. The van der Waals surface area contributed by atoms with E-state index in [1.807, 2.05) is 0 Å². The van der Waals surface area contributed by atoms with Gasteiger partial charge in [-0.3, -0.25) is 4.79 Å². The number of amides is 1. The fourth-order valence-electron chi connectivity index (χ4n) is 1.93. The molecule has 19 heavy (non-hydrogen) atoms. The second kappa shape index (κ2) is 4.89. The Morgan fingerprint density at radius 3 is 2.79 bits per heavy atom. The molecule has 1 fully saturated rings. The molecule has 0 spiro atoms. The van der Waals surface area contributed by atoms with E-state index in [0.717, 1.165) is 0 Å². The van der Waals surface area contributed by atoms with Gasteiger partial charge in [-0.2, -0.15) is 0 Å². The predicted octanol–water partition coefficient (Wildman–Crippen LogP) is 0.594. The molecule has 6 heteroatoms. The van der Waals surface area contributed by atoms with Gasteiger partial charge in [0.05, 0.1) is 6.54 Å². The summed E-state index contributed by atoms with van der Waals surface area (Å²) in [6, 6.07) is 6.64. The Morgan fingerprint density at radius 2 is 2.16 bits per heavy atom. The van der Waals surface area contributed by atoms with Crippen LogP contribution in [0.4, 0.5) is 0 Å². The predicted molar refractivity (Wildman–Crippen MR) is 65.5 cm³/mol. The van der Waals surface area contributed by atoms with Gasteiger partial charge < -0.3 is 19.8 Å². The molecule has 1 saturated heterocycles. The highest BCUT2D eigenvalue weighted by atomic mass is 16.5. The molecular formula is C13H15NO5. The van der Waals surface area contributed by atoms with E-state index in [-0.39, 0.29) is 31.4 Å². The third-order valence-electron chi connectivity index (χ3n) is 3.16. The third kappa shape index (κ3) is 2.68. The van der Waals surface area contributed by atoms with Crippen molar-refractivity contribution < 1.29 is 24.5 Å². The number of nitrogens with zero attached hydrogens (tertiary/aromatic N) is 1. The molecule has 0 bridgehead atoms. The molecule has 1 aromatic carbocycles. The monoisotopic (exact) mass is 265 g/mol. The zero-order chi connectivity index (χ0) is 14.0. The molecular weight excluding hydrogens is 250 g/mol. The van der Waals surface area contributed by atoms with Crippen LogP contribution < -0.4 is 0 Å². The number of hydrogen-bond donors (Lipinski definition) is 2. The number of ether oxygens (including phenoxy) is 1. The lowest BCUT2D eigenvalue weighted by atomic mass is 10.0. The average Bonchev–Trinajstić information content (AvgIpc) is 2.36. The standard InChI is InChI=1S/C13H15NO5/c1-13(12(17)18)8-14(11(16)7-19-13)6-9-4-2-3-5-10(9)15/h2-5,15H,6-8H2,1H3,(H,17,18). The highest BCUT2D eigenvalue weighted by molar-refractivity contribution is 5.83. The van der Waals surface area contributed by atoms with Gasteiger partial charge in [0, 0.05) is 12.1 Å². The van der Waals surface area contributed by atoms with Gasteiger partial charge in [0.15, 0.2) is 5.60 Å². The van der Waals surface area contributed by atoms with E-state index >= 15 is 0 Å². The fourth-order valence-corrected chi connectivity index (χ4v) is 1.93. The zero-order valence-electron chi connectivity index (χ0n) is 10.5. The lowest BCUT2D eigenvalue weighted by Crippen LogP contribution is -2.56. The summed E-state index contributed by atoms with van der Waals surface area (Å²) in [7, 11) is 0. The van der Waals surface area contributed by atoms with Crippen LogP contribution >= 0.6 is 0 Å². The van der Waals surface area contributed by atoms with Crippen LogP contribution in [0.25, 0.3) is 0 Å². The van der Waals surface area contributed by atoms with Crippen molar-refractivity contribution >= 4 is 11.9 Å². The second-order valence-electron chi connectivity index (χ2n) is 4.70. The first kappa shape index (κ1) is 13.4. The summed E-state index contributed by atoms with van der Waals surface area (Å²) in [4.78, 5) is 24.3. The number of hydrogen-bond acceptors (Lipinski definition) is 4. The number of carboxylic acids is 1. The van der Waals surface area contributed by atoms with Crippen LogP contribution in [-0.2, 0) is 20.9 Å². The maximum Gasteiger partial charge on any atom is 0.337 e. The van der Waals surface area contributed by atoms with Gasteiger partial charge in [-0.15, -0.1) is 0 Å². The van der Waals surface area contributed by atoms with Gasteiger partial charge in [0.1, 0.15) is 12.4 Å². The molecule has 1 aliphatic heterocycles. The van der Waals surface area contributed by atoms with E-state index in [0.29, 0.717) is 5.56 Å². The van der Waals surface area contributed by atoms with E-state index in [2.05, 4.69) is 0 Å². The molecule has 0 aliphatic carbocycles. The van der Waals surface area contributed by atoms with Gasteiger partial charge in [-0.25, -0.2) is 4.79 Å². The van der Waals surface area contributed by atoms with Crippen LogP contribution in [0.15, 0.2) is 24.3 Å². The molecule has 1 aromatic rings. The third-order valence-corrected chi connectivity index (χ3v) is 3.16. The highest BCUT2D eigenvalue weighted by Gasteiger charge is 2.42. The van der Waals surface area contributed by atoms with Crippen LogP contribution in [0, 0.1) is 0 Å². The number of phenols is 1. The topological polar surface area (TPSA) is 87.1 Å². The largest absolute Gasteiger partial charge is 0.508 e. The number of para-hydroxylation sites is 1. The minimum atomic E-state index is -1.40. The van der Waals surface area contributed by atoms with Gasteiger partial charge in [-0.1, -0.05) is 18.2 Å². The van der Waals surface area contributed by atoms with E-state index in [1.54, 1.807) is 18.2 Å². The van der Waals surface area contributed by atoms with Crippen molar-refractivity contribution in [1.82, 2.24) is 4.90 Å². The molecule has 1 atom stereocenters. The minimum absolute atomic E-state index is 0.0461. The number of morpholine rings is 1. The first-order chi connectivity index (χ1) is 8.92. The summed E-state index contributed by atoms with van der Waals surface area (Å²) >= 11 is 0. The van der Waals surface area contributed by atoms with Crippen LogP contribution in [0.5, 0.6) is 5.75 Å². The number of carboxylic acid groups (broad SMARTS) is 1. The summed E-state index contributed by atoms with van der Waals surface area (Å²) in [5.41, 5.74) is -0.830. The van der Waals surface area contributed by atoms with E-state index in [1.165, 1.54) is 17.9 Å². The number of carbonyl (C=O) groups is 2. The van der Waals surface area contributed by atoms with Crippen molar-refractivity contribution in [2.24, 2.45) is 0 Å². The maximum atomic E-state index is 11.7. The lowest BCUT2D eigenvalue weighted by molar-refractivity contribution is -0.182. The summed E-state index contributed by atoms with van der Waals surface area (Å²) < 4.78 is 5.08. The van der Waals surface area contributed by atoms with Gasteiger partial charge >= 0.3 is 5.97 Å². The minimum Gasteiger partial charge on any atom is -0.508 e. The molecule has 102 valence electrons. The number of rotatable bonds is 3. The molecule has 1 aliphatic rings. The highest BCUT2D eigenvalue weighted by Crippen LogP contribution is 2.23. The lowest BCUT2D eigenvalue weighted by Gasteiger charge is -2.37. The zero-order valence-corrected chi connectivity index (χ0v) is 10.5. The first-order valence-electron chi connectivity index (χ1n) is 5.84. The molecule has 0 saturated carbocycles. The van der Waals surface area contributed by atoms with Crippen molar-refractivity contribution in [1.29, 1.82) is 0 Å². The maximum absolute atomic E-state index is 11.7. The Balaban J connectivity index is 2.17. The Labute approximate surface area is 110 Å². The van der Waals surface area contributed by atoms with Crippen LogP contribution in [0.2, 0.25) is 0 Å². The Hall–Kier alpha value is -2.08. The normalized spacial score (nSPS) is 23.4. The van der Waals surface area contributed by atoms with E-state index < -0.39 is 11.6 Å². The van der Waals surface area contributed by atoms with Gasteiger partial charge in [0.25, 0.3) is 0 Å². The summed E-state index contributed by atoms with van der Waals surface area (Å²) in [5.74, 6) is -1.32. The molecule has 2 rings (SSSR count). The summed E-state index contributed by atoms with van der Waals surface area (Å²) in [6.07, 6.45) is 0. The van der Waals surface area contributed by atoms with Crippen LogP contribution in [0.3, 0.4) is 0 Å². The van der Waals surface area contributed by atoms with Gasteiger partial charge in [0.2, 0.25) is 5.91 Å². The molecule has 6 nitrogen and oxygen atoms in total. The van der Waals surface area contributed by atoms with Gasteiger partial charge in [-0.05, 0) is 13.0 Å². The first-order valence-corrected chi connectivity index (χ1v) is 5.84. The Bertz CT molecular complexity index is 516. The SMILES string of the molecule is CC1(C(=O)O)CN(Cc2ccccc2O)C(=O)CO1. The van der Waals surface area contributed by atoms with E-state index in [4.69, 9.17) is 9.84 Å². The summed E-state index contributed by atoms with van der Waals surface area (Å²) in [6.45, 7) is 1.28. The number of aromatic hydroxyl groups is 1. The number of carbonyl (C=O) groups excluding carboxylic acids is 1. The van der Waals surface area contributed by atoms with Crippen molar-refractivity contribution in [2.75, 3.05) is 13.2 Å². The number of aliphatic carboxylic acids is 1. The Kier molecular flexibility index (Phi) is 3.44. The van der Waals surface area contributed by atoms with Crippen molar-refractivity contribution in [3.63, 3.8) is 0 Å². The molecule has 0 aromatic heterocycles. The second-order valence-corrected chi connectivity index (χ2v) is 4.70. The molecule has 1 amide bonds. The molecule has 0 radical (unpaired) electrons. The van der Waals surface area contributed by atoms with Crippen molar-refractivity contribution in [2.45, 2.75) is 19.1 Å². The average molecular weight is 265 g/mol. The number of phenolic OH excluding ortho intramolecular Hbond substituents is 1.